The molecule has 0 aliphatic rings. The fourth-order valence-corrected chi connectivity index (χ4v) is 2.99. The number of hydrogen-bond donors (Lipinski definition) is 1. The Morgan fingerprint density at radius 2 is 1.96 bits per heavy atom. The van der Waals surface area contributed by atoms with Gasteiger partial charge in [0.1, 0.15) is 0 Å². The van der Waals surface area contributed by atoms with E-state index in [-0.39, 0.29) is 10.6 Å². The van der Waals surface area contributed by atoms with E-state index in [4.69, 9.17) is 11.6 Å². The van der Waals surface area contributed by atoms with Crippen molar-refractivity contribution in [3.05, 3.63) is 62.7 Å². The molecule has 10 heteroatoms. The lowest BCUT2D eigenvalue weighted by Gasteiger charge is -2.10. The molecule has 0 bridgehead atoms. The van der Waals surface area contributed by atoms with Crippen LogP contribution in [0.1, 0.15) is 11.1 Å². The molecule has 0 radical (unpaired) electrons. The minimum absolute atomic E-state index is 0.0269. The highest BCUT2D eigenvalue weighted by Crippen LogP contribution is 2.36. The zero-order valence-corrected chi connectivity index (χ0v) is 14.8. The molecule has 5 nitrogen and oxygen atoms in total. The van der Waals surface area contributed by atoms with Crippen molar-refractivity contribution in [3.63, 3.8) is 0 Å². The van der Waals surface area contributed by atoms with E-state index in [9.17, 15) is 28.1 Å². The lowest BCUT2D eigenvalue weighted by atomic mass is 10.2. The van der Waals surface area contributed by atoms with E-state index in [0.717, 1.165) is 29.5 Å². The number of halogens is 4. The van der Waals surface area contributed by atoms with Crippen LogP contribution < -0.4 is 5.32 Å². The number of thioether (sulfide) groups is 1. The molecule has 1 amide bonds. The number of aryl methyl sites for hydroxylation is 1. The number of nitrogens with zero attached hydrogens (tertiary/aromatic N) is 1. The quantitative estimate of drug-likeness (QED) is 0.416. The minimum Gasteiger partial charge on any atom is -0.325 e. The molecule has 0 atom stereocenters. The average molecular weight is 405 g/mol. The Kier molecular flexibility index (Phi) is 6.14. The molecule has 2 rings (SSSR count). The van der Waals surface area contributed by atoms with Crippen molar-refractivity contribution in [2.45, 2.75) is 18.0 Å². The van der Waals surface area contributed by atoms with E-state index < -0.39 is 28.3 Å². The second-order valence-corrected chi connectivity index (χ2v) is 6.69. The van der Waals surface area contributed by atoms with Gasteiger partial charge in [-0.15, -0.1) is 11.8 Å². The van der Waals surface area contributed by atoms with Gasteiger partial charge >= 0.3 is 6.18 Å². The summed E-state index contributed by atoms with van der Waals surface area (Å²) in [5.41, 5.74) is -0.553. The summed E-state index contributed by atoms with van der Waals surface area (Å²) in [5, 5.41) is 14.1. The molecule has 0 aliphatic carbocycles. The molecule has 0 heterocycles. The minimum atomic E-state index is -4.69. The van der Waals surface area contributed by atoms with Crippen molar-refractivity contribution in [1.29, 1.82) is 0 Å². The number of amides is 1. The molecule has 0 saturated carbocycles. The first-order valence-corrected chi connectivity index (χ1v) is 8.48. The van der Waals surface area contributed by atoms with Crippen LogP contribution in [0.5, 0.6) is 0 Å². The fraction of sp³-hybridized carbons (Fsp3) is 0.188. The van der Waals surface area contributed by atoms with Gasteiger partial charge in [0, 0.05) is 16.8 Å². The maximum Gasteiger partial charge on any atom is 0.416 e. The number of alkyl halides is 3. The second-order valence-electron chi connectivity index (χ2n) is 5.23. The normalized spacial score (nSPS) is 11.3. The van der Waals surface area contributed by atoms with Crippen LogP contribution >= 0.6 is 23.4 Å². The third-order valence-electron chi connectivity index (χ3n) is 3.32. The molecule has 0 spiro atoms. The van der Waals surface area contributed by atoms with Crippen LogP contribution in [0.25, 0.3) is 0 Å². The van der Waals surface area contributed by atoms with Crippen molar-refractivity contribution in [2.24, 2.45) is 0 Å². The summed E-state index contributed by atoms with van der Waals surface area (Å²) in [4.78, 5) is 22.1. The topological polar surface area (TPSA) is 72.2 Å². The van der Waals surface area contributed by atoms with Gasteiger partial charge < -0.3 is 5.32 Å². The number of hydrogen-bond acceptors (Lipinski definition) is 4. The van der Waals surface area contributed by atoms with Crippen LogP contribution in [0.4, 0.5) is 24.5 Å². The Labute approximate surface area is 155 Å². The first kappa shape index (κ1) is 20.1. The van der Waals surface area contributed by atoms with E-state index in [0.29, 0.717) is 16.8 Å². The van der Waals surface area contributed by atoms with E-state index in [2.05, 4.69) is 5.32 Å². The predicted octanol–water partition coefficient (Wildman–Crippen LogP) is 5.31. The number of nitrogens with one attached hydrogen (secondary N) is 1. The standard InChI is InChI=1S/C16H12ClF3N2O3S/c1-9-2-4-11(17)7-12(9)21-15(23)8-26-14-5-3-10(16(18,19)20)6-13(14)22(24)25/h2-7H,8H2,1H3,(H,21,23). The maximum absolute atomic E-state index is 12.7. The zero-order valence-electron chi connectivity index (χ0n) is 13.3. The molecule has 2 aromatic carbocycles. The van der Waals surface area contributed by atoms with Crippen LogP contribution in [-0.2, 0) is 11.0 Å². The summed E-state index contributed by atoms with van der Waals surface area (Å²) in [5.74, 6) is -0.674. The number of nitro benzene ring substituents is 1. The largest absolute Gasteiger partial charge is 0.416 e. The lowest BCUT2D eigenvalue weighted by molar-refractivity contribution is -0.388. The number of rotatable bonds is 5. The van der Waals surface area contributed by atoms with E-state index >= 15 is 0 Å². The molecular formula is C16H12ClF3N2O3S. The molecule has 0 aliphatic heterocycles. The highest BCUT2D eigenvalue weighted by molar-refractivity contribution is 8.00. The summed E-state index contributed by atoms with van der Waals surface area (Å²) in [7, 11) is 0. The fourth-order valence-electron chi connectivity index (χ4n) is 2.02. The number of nitro groups is 1. The van der Waals surface area contributed by atoms with Crippen LogP contribution in [0.15, 0.2) is 41.3 Å². The van der Waals surface area contributed by atoms with Gasteiger partial charge in [0.05, 0.1) is 21.1 Å². The molecule has 0 saturated heterocycles. The second kappa shape index (κ2) is 7.96. The van der Waals surface area contributed by atoms with Crippen molar-refractivity contribution in [2.75, 3.05) is 11.1 Å². The van der Waals surface area contributed by atoms with Crippen molar-refractivity contribution < 1.29 is 22.9 Å². The molecule has 0 unspecified atom stereocenters. The molecule has 2 aromatic rings. The Bertz CT molecular complexity index is 859. The number of carbonyl (C=O) groups excluding carboxylic acids is 1. The van der Waals surface area contributed by atoms with Gasteiger partial charge in [0.15, 0.2) is 0 Å². The van der Waals surface area contributed by atoms with Crippen LogP contribution in [0, 0.1) is 17.0 Å². The monoisotopic (exact) mass is 404 g/mol. The van der Waals surface area contributed by atoms with Gasteiger partial charge in [-0.2, -0.15) is 13.2 Å². The molecule has 138 valence electrons. The summed E-state index contributed by atoms with van der Waals surface area (Å²) in [6.07, 6.45) is -4.69. The molecular weight excluding hydrogens is 393 g/mol. The Hall–Kier alpha value is -2.26. The van der Waals surface area contributed by atoms with Gasteiger partial charge in [-0.05, 0) is 36.8 Å². The van der Waals surface area contributed by atoms with Crippen LogP contribution in [-0.4, -0.2) is 16.6 Å². The number of anilines is 1. The number of benzene rings is 2. The Balaban J connectivity index is 2.12. The SMILES string of the molecule is Cc1ccc(Cl)cc1NC(=O)CSc1ccc(C(F)(F)F)cc1[N+](=O)[O-]. The van der Waals surface area contributed by atoms with Crippen LogP contribution in [0.2, 0.25) is 5.02 Å². The van der Waals surface area contributed by atoms with Crippen molar-refractivity contribution in [1.82, 2.24) is 0 Å². The first-order chi connectivity index (χ1) is 12.1. The highest BCUT2D eigenvalue weighted by Gasteiger charge is 2.33. The summed E-state index contributed by atoms with van der Waals surface area (Å²) in [6.45, 7) is 1.76. The Morgan fingerprint density at radius 3 is 2.58 bits per heavy atom. The van der Waals surface area contributed by atoms with Gasteiger partial charge in [-0.3, -0.25) is 14.9 Å². The van der Waals surface area contributed by atoms with E-state index in [1.807, 2.05) is 0 Å². The van der Waals surface area contributed by atoms with Crippen LogP contribution in [0.3, 0.4) is 0 Å². The smallest absolute Gasteiger partial charge is 0.325 e. The summed E-state index contributed by atoms with van der Waals surface area (Å²) < 4.78 is 38.1. The highest BCUT2D eigenvalue weighted by atomic mass is 35.5. The van der Waals surface area contributed by atoms with Gasteiger partial charge in [-0.25, -0.2) is 0 Å². The third kappa shape index (κ3) is 5.12. The molecule has 1 N–H and O–H groups in total. The van der Waals surface area contributed by atoms with Gasteiger partial charge in [0.2, 0.25) is 5.91 Å². The zero-order chi connectivity index (χ0) is 19.5. The van der Waals surface area contributed by atoms with E-state index in [1.54, 1.807) is 25.1 Å². The third-order valence-corrected chi connectivity index (χ3v) is 4.61. The van der Waals surface area contributed by atoms with E-state index in [1.165, 1.54) is 0 Å². The summed E-state index contributed by atoms with van der Waals surface area (Å²) in [6, 6.07) is 7.12. The first-order valence-electron chi connectivity index (χ1n) is 7.12. The van der Waals surface area contributed by atoms with Crippen molar-refractivity contribution in [3.8, 4) is 0 Å². The Morgan fingerprint density at radius 1 is 1.27 bits per heavy atom. The molecule has 26 heavy (non-hydrogen) atoms. The molecule has 0 aromatic heterocycles. The maximum atomic E-state index is 12.7. The summed E-state index contributed by atoms with van der Waals surface area (Å²) >= 11 is 6.64. The molecule has 0 fully saturated rings. The lowest BCUT2D eigenvalue weighted by Crippen LogP contribution is -2.15. The van der Waals surface area contributed by atoms with Crippen molar-refractivity contribution >= 4 is 40.6 Å². The van der Waals surface area contributed by atoms with Gasteiger partial charge in [-0.1, -0.05) is 17.7 Å². The van der Waals surface area contributed by atoms with Gasteiger partial charge in [0.25, 0.3) is 5.69 Å². The predicted molar refractivity (Wildman–Crippen MR) is 93.6 cm³/mol. The average Bonchev–Trinajstić information content (AvgIpc) is 2.55. The number of carbonyl (C=O) groups is 1.